The minimum absolute atomic E-state index is 0.0969. The second-order valence-electron chi connectivity index (χ2n) is 2.78. The van der Waals surface area contributed by atoms with Crippen LogP contribution in [-0.4, -0.2) is 0 Å². The molecule has 0 heterocycles. The van der Waals surface area contributed by atoms with E-state index in [4.69, 9.17) is 0 Å². The van der Waals surface area contributed by atoms with E-state index >= 15 is 0 Å². The Morgan fingerprint density at radius 2 is 1.82 bits per heavy atom. The van der Waals surface area contributed by atoms with Crippen LogP contribution in [0.25, 0.3) is 0 Å². The molecule has 60 valence electrons. The Morgan fingerprint density at radius 1 is 1.18 bits per heavy atom. The van der Waals surface area contributed by atoms with Gasteiger partial charge in [-0.15, -0.1) is 0 Å². The van der Waals surface area contributed by atoms with Crippen molar-refractivity contribution in [3.8, 4) is 0 Å². The van der Waals surface area contributed by atoms with Crippen molar-refractivity contribution >= 4 is 0 Å². The molecule has 0 aliphatic heterocycles. The monoisotopic (exact) mass is 156 g/mol. The summed E-state index contributed by atoms with van der Waals surface area (Å²) >= 11 is 0. The van der Waals surface area contributed by atoms with E-state index in [1.807, 2.05) is 0 Å². The van der Waals surface area contributed by atoms with Gasteiger partial charge in [-0.05, 0) is 37.1 Å². The van der Waals surface area contributed by atoms with E-state index in [9.17, 15) is 8.78 Å². The number of hydrogen-bond donors (Lipinski definition) is 0. The predicted molar refractivity (Wildman–Crippen MR) is 41.4 cm³/mol. The van der Waals surface area contributed by atoms with Gasteiger partial charge in [0.1, 0.15) is 11.7 Å². The van der Waals surface area contributed by atoms with Gasteiger partial charge >= 0.3 is 0 Å². The van der Waals surface area contributed by atoms with Crippen molar-refractivity contribution in [3.05, 3.63) is 35.0 Å². The first kappa shape index (κ1) is 8.18. The molecule has 0 atom stereocenters. The SMILES string of the molecule is CC1=CC(F)=C(C)CC(F)=C1. The third-order valence-electron chi connectivity index (χ3n) is 1.58. The minimum atomic E-state index is -0.314. The zero-order valence-electron chi connectivity index (χ0n) is 6.62. The molecule has 0 aromatic heterocycles. The molecule has 0 nitrogen and oxygen atoms in total. The lowest BCUT2D eigenvalue weighted by molar-refractivity contribution is 0.597. The third kappa shape index (κ3) is 2.00. The molecule has 1 rings (SSSR count). The summed E-state index contributed by atoms with van der Waals surface area (Å²) in [7, 11) is 0. The van der Waals surface area contributed by atoms with Crippen LogP contribution < -0.4 is 0 Å². The molecule has 0 aromatic rings. The average molecular weight is 156 g/mol. The molecule has 0 spiro atoms. The Hall–Kier alpha value is -0.920. The van der Waals surface area contributed by atoms with Crippen molar-refractivity contribution in [1.82, 2.24) is 0 Å². The zero-order chi connectivity index (χ0) is 8.43. The molecule has 0 amide bonds. The summed E-state index contributed by atoms with van der Waals surface area (Å²) in [6, 6.07) is 0. The fraction of sp³-hybridized carbons (Fsp3) is 0.333. The lowest BCUT2D eigenvalue weighted by atomic mass is 10.2. The third-order valence-corrected chi connectivity index (χ3v) is 1.58. The summed E-state index contributed by atoms with van der Waals surface area (Å²) in [6.45, 7) is 3.27. The summed E-state index contributed by atoms with van der Waals surface area (Å²) in [6.07, 6.45) is 2.80. The molecule has 0 aromatic carbocycles. The number of hydrogen-bond acceptors (Lipinski definition) is 0. The fourth-order valence-electron chi connectivity index (χ4n) is 1.00. The Morgan fingerprint density at radius 3 is 2.45 bits per heavy atom. The Labute approximate surface area is 64.9 Å². The van der Waals surface area contributed by atoms with Crippen molar-refractivity contribution < 1.29 is 8.78 Å². The molecule has 1 aliphatic rings. The van der Waals surface area contributed by atoms with Crippen LogP contribution >= 0.6 is 0 Å². The standard InChI is InChI=1S/C9H10F2/c1-6-3-8(10)5-7(2)9(11)4-6/h3-4H,5H2,1-2H3. The highest BCUT2D eigenvalue weighted by Gasteiger charge is 2.06. The molecular weight excluding hydrogens is 146 g/mol. The lowest BCUT2D eigenvalue weighted by Crippen LogP contribution is -1.78. The first-order chi connectivity index (χ1) is 5.09. The zero-order valence-corrected chi connectivity index (χ0v) is 6.62. The molecule has 0 fully saturated rings. The van der Waals surface area contributed by atoms with Crippen molar-refractivity contribution in [2.24, 2.45) is 0 Å². The smallest absolute Gasteiger partial charge is 0.122 e. The van der Waals surface area contributed by atoms with Crippen LogP contribution in [0, 0.1) is 0 Å². The normalized spacial score (nSPS) is 19.3. The highest BCUT2D eigenvalue weighted by molar-refractivity contribution is 5.34. The van der Waals surface area contributed by atoms with Gasteiger partial charge in [0.2, 0.25) is 0 Å². The summed E-state index contributed by atoms with van der Waals surface area (Å²) < 4.78 is 25.6. The maximum absolute atomic E-state index is 12.9. The van der Waals surface area contributed by atoms with Gasteiger partial charge in [0.25, 0.3) is 0 Å². The molecule has 1 aliphatic carbocycles. The van der Waals surface area contributed by atoms with Crippen LogP contribution in [0.2, 0.25) is 0 Å². The lowest BCUT2D eigenvalue weighted by Gasteiger charge is -1.94. The number of halogens is 2. The van der Waals surface area contributed by atoms with Gasteiger partial charge in [-0.2, -0.15) is 0 Å². The van der Waals surface area contributed by atoms with Crippen molar-refractivity contribution in [3.63, 3.8) is 0 Å². The van der Waals surface area contributed by atoms with Crippen LogP contribution in [0.1, 0.15) is 20.3 Å². The quantitative estimate of drug-likeness (QED) is 0.504. The predicted octanol–water partition coefficient (Wildman–Crippen LogP) is 3.43. The topological polar surface area (TPSA) is 0 Å². The summed E-state index contributed by atoms with van der Waals surface area (Å²) in [5.74, 6) is -0.588. The molecule has 0 saturated carbocycles. The van der Waals surface area contributed by atoms with Gasteiger partial charge in [-0.25, -0.2) is 8.78 Å². The van der Waals surface area contributed by atoms with E-state index in [0.717, 1.165) is 0 Å². The largest absolute Gasteiger partial charge is 0.211 e. The Balaban J connectivity index is 3.04. The van der Waals surface area contributed by atoms with Gasteiger partial charge in [-0.1, -0.05) is 0 Å². The number of allylic oxidation sites excluding steroid dienone is 6. The molecule has 11 heavy (non-hydrogen) atoms. The fourth-order valence-corrected chi connectivity index (χ4v) is 1.00. The maximum Gasteiger partial charge on any atom is 0.122 e. The van der Waals surface area contributed by atoms with Crippen LogP contribution in [0.15, 0.2) is 35.0 Å². The average Bonchev–Trinajstić information content (AvgIpc) is 1.93. The summed E-state index contributed by atoms with van der Waals surface area (Å²) in [5, 5.41) is 0. The maximum atomic E-state index is 12.9. The van der Waals surface area contributed by atoms with Crippen molar-refractivity contribution in [2.45, 2.75) is 20.3 Å². The molecule has 0 saturated heterocycles. The van der Waals surface area contributed by atoms with E-state index in [1.54, 1.807) is 13.8 Å². The van der Waals surface area contributed by atoms with E-state index in [1.165, 1.54) is 12.2 Å². The van der Waals surface area contributed by atoms with E-state index in [-0.39, 0.29) is 18.1 Å². The van der Waals surface area contributed by atoms with Gasteiger partial charge in [0.15, 0.2) is 0 Å². The van der Waals surface area contributed by atoms with E-state index in [0.29, 0.717) is 11.1 Å². The van der Waals surface area contributed by atoms with E-state index in [2.05, 4.69) is 0 Å². The Kier molecular flexibility index (Phi) is 2.22. The van der Waals surface area contributed by atoms with Crippen molar-refractivity contribution in [1.29, 1.82) is 0 Å². The first-order valence-corrected chi connectivity index (χ1v) is 3.49. The molecule has 0 unspecified atom stereocenters. The first-order valence-electron chi connectivity index (χ1n) is 3.49. The second kappa shape index (κ2) is 2.99. The number of rotatable bonds is 0. The van der Waals surface area contributed by atoms with Gasteiger partial charge in [0, 0.05) is 6.42 Å². The minimum Gasteiger partial charge on any atom is -0.211 e. The highest BCUT2D eigenvalue weighted by Crippen LogP contribution is 2.23. The molecule has 0 radical (unpaired) electrons. The van der Waals surface area contributed by atoms with Gasteiger partial charge in [0.05, 0.1) is 0 Å². The molecule has 0 N–H and O–H groups in total. The Bertz CT molecular complexity index is 257. The van der Waals surface area contributed by atoms with Crippen LogP contribution in [0.4, 0.5) is 8.78 Å². The van der Waals surface area contributed by atoms with E-state index < -0.39 is 0 Å². The molecular formula is C9H10F2. The molecule has 2 heteroatoms. The van der Waals surface area contributed by atoms with Crippen molar-refractivity contribution in [2.75, 3.05) is 0 Å². The summed E-state index contributed by atoms with van der Waals surface area (Å²) in [5.41, 5.74) is 1.08. The van der Waals surface area contributed by atoms with Gasteiger partial charge in [-0.3, -0.25) is 0 Å². The van der Waals surface area contributed by atoms with Crippen LogP contribution in [0.5, 0.6) is 0 Å². The highest BCUT2D eigenvalue weighted by atomic mass is 19.1. The summed E-state index contributed by atoms with van der Waals surface area (Å²) in [4.78, 5) is 0. The van der Waals surface area contributed by atoms with Crippen LogP contribution in [-0.2, 0) is 0 Å². The van der Waals surface area contributed by atoms with Crippen LogP contribution in [0.3, 0.4) is 0 Å². The second-order valence-corrected chi connectivity index (χ2v) is 2.78. The molecule has 0 bridgehead atoms. The van der Waals surface area contributed by atoms with Gasteiger partial charge < -0.3 is 0 Å².